The molecular formula is C17H15NO4S. The summed E-state index contributed by atoms with van der Waals surface area (Å²) in [6.45, 7) is 1.59. The highest BCUT2D eigenvalue weighted by molar-refractivity contribution is 7.14. The summed E-state index contributed by atoms with van der Waals surface area (Å²) in [4.78, 5) is 26.3. The van der Waals surface area contributed by atoms with Gasteiger partial charge in [-0.3, -0.25) is 9.59 Å². The molecule has 2 aromatic rings. The Morgan fingerprint density at radius 3 is 2.65 bits per heavy atom. The van der Waals surface area contributed by atoms with Crippen molar-refractivity contribution in [3.8, 4) is 11.5 Å². The molecule has 0 saturated heterocycles. The summed E-state index contributed by atoms with van der Waals surface area (Å²) in [5.41, 5.74) is 2.16. The zero-order valence-corrected chi connectivity index (χ0v) is 13.4. The lowest BCUT2D eigenvalue weighted by Crippen LogP contribution is -2.13. The number of Topliss-reactive ketones (excluding diaryl/α,β-unsaturated/α-hetero) is 1. The maximum Gasteiger partial charge on any atom is 0.265 e. The van der Waals surface area contributed by atoms with Gasteiger partial charge in [-0.2, -0.15) is 0 Å². The minimum absolute atomic E-state index is 0.127. The van der Waals surface area contributed by atoms with Gasteiger partial charge in [0.1, 0.15) is 0 Å². The standard InChI is InChI=1S/C17H15NO4S/c1-9(19)11-6-13-14(22-8-21-13)7-12(11)18-17(20)16-5-10-3-2-4-15(10)23-16/h5-7H,2-4,8H2,1H3,(H,18,20). The number of thiophene rings is 1. The molecule has 2 aliphatic rings. The molecule has 1 aliphatic carbocycles. The molecule has 1 amide bonds. The Bertz CT molecular complexity index is 803. The maximum absolute atomic E-state index is 12.5. The Hall–Kier alpha value is -2.34. The van der Waals surface area contributed by atoms with Crippen LogP contribution in [-0.4, -0.2) is 18.5 Å². The zero-order chi connectivity index (χ0) is 16.0. The van der Waals surface area contributed by atoms with Crippen molar-refractivity contribution in [2.75, 3.05) is 12.1 Å². The van der Waals surface area contributed by atoms with Gasteiger partial charge in [0.2, 0.25) is 6.79 Å². The van der Waals surface area contributed by atoms with Gasteiger partial charge >= 0.3 is 0 Å². The van der Waals surface area contributed by atoms with Crippen LogP contribution in [0.2, 0.25) is 0 Å². The topological polar surface area (TPSA) is 64.6 Å². The maximum atomic E-state index is 12.5. The Labute approximate surface area is 137 Å². The molecule has 4 rings (SSSR count). The van der Waals surface area contributed by atoms with Crippen molar-refractivity contribution in [1.29, 1.82) is 0 Å². The van der Waals surface area contributed by atoms with Gasteiger partial charge in [-0.25, -0.2) is 0 Å². The normalized spacial score (nSPS) is 14.7. The largest absolute Gasteiger partial charge is 0.454 e. The summed E-state index contributed by atoms with van der Waals surface area (Å²) in [5.74, 6) is 0.750. The van der Waals surface area contributed by atoms with Gasteiger partial charge in [0.05, 0.1) is 10.6 Å². The van der Waals surface area contributed by atoms with Crippen LogP contribution in [0.3, 0.4) is 0 Å². The summed E-state index contributed by atoms with van der Waals surface area (Å²) < 4.78 is 10.6. The van der Waals surface area contributed by atoms with Gasteiger partial charge in [-0.1, -0.05) is 0 Å². The van der Waals surface area contributed by atoms with Gasteiger partial charge in [0, 0.05) is 16.5 Å². The molecule has 0 fully saturated rings. The highest BCUT2D eigenvalue weighted by atomic mass is 32.1. The Morgan fingerprint density at radius 1 is 1.13 bits per heavy atom. The van der Waals surface area contributed by atoms with Crippen LogP contribution in [0.1, 0.15) is 43.8 Å². The molecule has 6 heteroatoms. The van der Waals surface area contributed by atoms with Gasteiger partial charge in [0.25, 0.3) is 5.91 Å². The lowest BCUT2D eigenvalue weighted by molar-refractivity contribution is 0.101. The third kappa shape index (κ3) is 2.49. The number of ketones is 1. The third-order valence-electron chi connectivity index (χ3n) is 4.11. The van der Waals surface area contributed by atoms with E-state index in [1.807, 2.05) is 6.07 Å². The second-order valence-corrected chi connectivity index (χ2v) is 6.81. The molecule has 1 aromatic carbocycles. The second-order valence-electron chi connectivity index (χ2n) is 5.67. The fourth-order valence-electron chi connectivity index (χ4n) is 2.96. The molecule has 0 radical (unpaired) electrons. The van der Waals surface area contributed by atoms with Crippen LogP contribution < -0.4 is 14.8 Å². The molecule has 1 aromatic heterocycles. The first-order valence-corrected chi connectivity index (χ1v) is 8.31. The zero-order valence-electron chi connectivity index (χ0n) is 12.6. The average Bonchev–Trinajstić information content (AvgIpc) is 3.20. The van der Waals surface area contributed by atoms with Crippen molar-refractivity contribution in [3.05, 3.63) is 39.1 Å². The van der Waals surface area contributed by atoms with Gasteiger partial charge in [0.15, 0.2) is 17.3 Å². The molecule has 5 nitrogen and oxygen atoms in total. The van der Waals surface area contributed by atoms with E-state index in [0.29, 0.717) is 27.6 Å². The monoisotopic (exact) mass is 329 g/mol. The van der Waals surface area contributed by atoms with Crippen molar-refractivity contribution < 1.29 is 19.1 Å². The predicted octanol–water partition coefficient (Wildman–Crippen LogP) is 3.42. The van der Waals surface area contributed by atoms with E-state index in [1.54, 1.807) is 12.1 Å². The van der Waals surface area contributed by atoms with Gasteiger partial charge < -0.3 is 14.8 Å². The number of nitrogens with one attached hydrogen (secondary N) is 1. The van der Waals surface area contributed by atoms with E-state index in [1.165, 1.54) is 35.1 Å². The first-order valence-electron chi connectivity index (χ1n) is 7.49. The SMILES string of the molecule is CC(=O)c1cc2c(cc1NC(=O)c1cc3c(s1)CCC3)OCO2. The van der Waals surface area contributed by atoms with Crippen molar-refractivity contribution in [2.24, 2.45) is 0 Å². The van der Waals surface area contributed by atoms with E-state index >= 15 is 0 Å². The molecule has 0 unspecified atom stereocenters. The molecule has 2 heterocycles. The highest BCUT2D eigenvalue weighted by Crippen LogP contribution is 2.38. The number of aryl methyl sites for hydroxylation is 2. The minimum Gasteiger partial charge on any atom is -0.454 e. The second kappa shape index (κ2) is 5.38. The van der Waals surface area contributed by atoms with Crippen LogP contribution in [0.25, 0.3) is 0 Å². The van der Waals surface area contributed by atoms with E-state index in [4.69, 9.17) is 9.47 Å². The summed E-state index contributed by atoms with van der Waals surface area (Å²) in [5, 5.41) is 2.84. The van der Waals surface area contributed by atoms with Crippen LogP contribution in [0.5, 0.6) is 11.5 Å². The number of amides is 1. The van der Waals surface area contributed by atoms with Crippen molar-refractivity contribution >= 4 is 28.7 Å². The number of rotatable bonds is 3. The molecule has 0 bridgehead atoms. The van der Waals surface area contributed by atoms with Crippen LogP contribution in [0.15, 0.2) is 18.2 Å². The number of benzene rings is 1. The molecule has 0 spiro atoms. The minimum atomic E-state index is -0.189. The number of ether oxygens (including phenoxy) is 2. The number of hydrogen-bond donors (Lipinski definition) is 1. The number of carbonyl (C=O) groups is 2. The third-order valence-corrected chi connectivity index (χ3v) is 5.35. The van der Waals surface area contributed by atoms with E-state index in [-0.39, 0.29) is 18.5 Å². The Balaban J connectivity index is 1.64. The quantitative estimate of drug-likeness (QED) is 0.876. The van der Waals surface area contributed by atoms with Crippen LogP contribution in [-0.2, 0) is 12.8 Å². The first kappa shape index (κ1) is 14.3. The number of carbonyl (C=O) groups excluding carboxylic acids is 2. The van der Waals surface area contributed by atoms with Gasteiger partial charge in [-0.05, 0) is 43.9 Å². The number of anilines is 1. The van der Waals surface area contributed by atoms with Crippen molar-refractivity contribution in [3.63, 3.8) is 0 Å². The highest BCUT2D eigenvalue weighted by Gasteiger charge is 2.22. The van der Waals surface area contributed by atoms with Crippen LogP contribution in [0.4, 0.5) is 5.69 Å². The lowest BCUT2D eigenvalue weighted by Gasteiger charge is -2.10. The van der Waals surface area contributed by atoms with E-state index in [0.717, 1.165) is 12.8 Å². The molecule has 1 aliphatic heterocycles. The van der Waals surface area contributed by atoms with E-state index in [2.05, 4.69) is 5.32 Å². The summed E-state index contributed by atoms with van der Waals surface area (Å²) in [7, 11) is 0. The van der Waals surface area contributed by atoms with Gasteiger partial charge in [-0.15, -0.1) is 11.3 Å². The lowest BCUT2D eigenvalue weighted by atomic mass is 10.1. The van der Waals surface area contributed by atoms with E-state index in [9.17, 15) is 9.59 Å². The van der Waals surface area contributed by atoms with Crippen molar-refractivity contribution in [2.45, 2.75) is 26.2 Å². The molecule has 1 N–H and O–H groups in total. The molecule has 0 saturated carbocycles. The van der Waals surface area contributed by atoms with E-state index < -0.39 is 0 Å². The fourth-order valence-corrected chi connectivity index (χ4v) is 4.11. The molecular weight excluding hydrogens is 314 g/mol. The molecule has 23 heavy (non-hydrogen) atoms. The fraction of sp³-hybridized carbons (Fsp3) is 0.294. The van der Waals surface area contributed by atoms with Crippen LogP contribution in [0, 0.1) is 0 Å². The van der Waals surface area contributed by atoms with Crippen molar-refractivity contribution in [1.82, 2.24) is 0 Å². The predicted molar refractivity (Wildman–Crippen MR) is 86.9 cm³/mol. The summed E-state index contributed by atoms with van der Waals surface area (Å²) in [6, 6.07) is 5.23. The number of hydrogen-bond acceptors (Lipinski definition) is 5. The summed E-state index contributed by atoms with van der Waals surface area (Å²) >= 11 is 1.54. The van der Waals surface area contributed by atoms with Crippen LogP contribution >= 0.6 is 11.3 Å². The summed E-state index contributed by atoms with van der Waals surface area (Å²) in [6.07, 6.45) is 3.26. The Kier molecular flexibility index (Phi) is 3.34. The number of fused-ring (bicyclic) bond motifs is 2. The smallest absolute Gasteiger partial charge is 0.265 e. The first-order chi connectivity index (χ1) is 11.1. The Morgan fingerprint density at radius 2 is 1.91 bits per heavy atom. The molecule has 118 valence electrons. The molecule has 0 atom stereocenters. The average molecular weight is 329 g/mol.